The fourth-order valence-corrected chi connectivity index (χ4v) is 3.37. The SMILES string of the molecule is CC(C)CN(CCC#N)S(=O)(=O)c1ccc(NN)cc1. The Bertz CT molecular complexity index is 561. The van der Waals surface area contributed by atoms with Gasteiger partial charge in [-0.25, -0.2) is 8.42 Å². The first-order valence-corrected chi connectivity index (χ1v) is 7.79. The largest absolute Gasteiger partial charge is 0.324 e. The van der Waals surface area contributed by atoms with Crippen molar-refractivity contribution in [2.24, 2.45) is 11.8 Å². The van der Waals surface area contributed by atoms with Crippen LogP contribution in [-0.2, 0) is 10.0 Å². The second-order valence-electron chi connectivity index (χ2n) is 4.83. The maximum atomic E-state index is 12.5. The third-order valence-electron chi connectivity index (χ3n) is 2.70. The molecule has 1 aromatic rings. The predicted molar refractivity (Wildman–Crippen MR) is 78.1 cm³/mol. The van der Waals surface area contributed by atoms with Gasteiger partial charge >= 0.3 is 0 Å². The number of benzene rings is 1. The van der Waals surface area contributed by atoms with E-state index in [1.165, 1.54) is 16.4 Å². The summed E-state index contributed by atoms with van der Waals surface area (Å²) in [6.45, 7) is 4.47. The fraction of sp³-hybridized carbons (Fsp3) is 0.462. The molecule has 0 bridgehead atoms. The molecule has 0 heterocycles. The highest BCUT2D eigenvalue weighted by molar-refractivity contribution is 7.89. The predicted octanol–water partition coefficient (Wildman–Crippen LogP) is 1.53. The number of nitrogen functional groups attached to an aromatic ring is 1. The maximum absolute atomic E-state index is 12.5. The van der Waals surface area contributed by atoms with E-state index in [9.17, 15) is 8.42 Å². The van der Waals surface area contributed by atoms with Crippen LogP contribution in [0.4, 0.5) is 5.69 Å². The number of hydrogen-bond acceptors (Lipinski definition) is 5. The van der Waals surface area contributed by atoms with Crippen molar-refractivity contribution in [1.29, 1.82) is 5.26 Å². The highest BCUT2D eigenvalue weighted by atomic mass is 32.2. The van der Waals surface area contributed by atoms with Gasteiger partial charge in [0.15, 0.2) is 0 Å². The van der Waals surface area contributed by atoms with E-state index >= 15 is 0 Å². The Morgan fingerprint density at radius 1 is 1.35 bits per heavy atom. The summed E-state index contributed by atoms with van der Waals surface area (Å²) in [6, 6.07) is 8.19. The minimum atomic E-state index is -3.58. The second kappa shape index (κ2) is 7.24. The molecule has 0 spiro atoms. The van der Waals surface area contributed by atoms with Crippen LogP contribution in [0.15, 0.2) is 29.2 Å². The van der Waals surface area contributed by atoms with Crippen LogP contribution in [0.3, 0.4) is 0 Å². The van der Waals surface area contributed by atoms with Crippen LogP contribution in [0.2, 0.25) is 0 Å². The van der Waals surface area contributed by atoms with Crippen LogP contribution in [0.1, 0.15) is 20.3 Å². The minimum absolute atomic E-state index is 0.175. The fourth-order valence-electron chi connectivity index (χ4n) is 1.76. The molecule has 0 fully saturated rings. The lowest BCUT2D eigenvalue weighted by atomic mass is 10.2. The summed E-state index contributed by atoms with van der Waals surface area (Å²) in [4.78, 5) is 0.204. The van der Waals surface area contributed by atoms with Crippen molar-refractivity contribution in [2.45, 2.75) is 25.2 Å². The molecule has 0 aliphatic carbocycles. The molecule has 20 heavy (non-hydrogen) atoms. The molecule has 0 unspecified atom stereocenters. The topological polar surface area (TPSA) is 99.2 Å². The Morgan fingerprint density at radius 3 is 2.40 bits per heavy atom. The molecule has 110 valence electrons. The first-order chi connectivity index (χ1) is 9.41. The van der Waals surface area contributed by atoms with Crippen molar-refractivity contribution in [1.82, 2.24) is 4.31 Å². The zero-order valence-electron chi connectivity index (χ0n) is 11.7. The second-order valence-corrected chi connectivity index (χ2v) is 6.77. The summed E-state index contributed by atoms with van der Waals surface area (Å²) in [5.74, 6) is 5.44. The van der Waals surface area contributed by atoms with Crippen molar-refractivity contribution in [3.8, 4) is 6.07 Å². The summed E-state index contributed by atoms with van der Waals surface area (Å²) in [5, 5.41) is 8.66. The molecular weight excluding hydrogens is 276 g/mol. The normalized spacial score (nSPS) is 11.6. The monoisotopic (exact) mass is 296 g/mol. The molecule has 1 aromatic carbocycles. The van der Waals surface area contributed by atoms with Gasteiger partial charge in [0.05, 0.1) is 11.0 Å². The molecule has 0 atom stereocenters. The lowest BCUT2D eigenvalue weighted by Crippen LogP contribution is -2.35. The van der Waals surface area contributed by atoms with E-state index in [0.29, 0.717) is 12.2 Å². The number of nitrogens with two attached hydrogens (primary N) is 1. The van der Waals surface area contributed by atoms with Gasteiger partial charge < -0.3 is 5.43 Å². The van der Waals surface area contributed by atoms with Crippen LogP contribution < -0.4 is 11.3 Å². The summed E-state index contributed by atoms with van der Waals surface area (Å²) < 4.78 is 26.4. The van der Waals surface area contributed by atoms with Crippen molar-refractivity contribution in [2.75, 3.05) is 18.5 Å². The van der Waals surface area contributed by atoms with Gasteiger partial charge in [0.25, 0.3) is 0 Å². The van der Waals surface area contributed by atoms with Crippen LogP contribution >= 0.6 is 0 Å². The Labute approximate surface area is 120 Å². The molecule has 0 radical (unpaired) electrons. The van der Waals surface area contributed by atoms with Gasteiger partial charge in [-0.2, -0.15) is 9.57 Å². The van der Waals surface area contributed by atoms with Gasteiger partial charge in [0, 0.05) is 25.2 Å². The molecule has 0 saturated carbocycles. The summed E-state index contributed by atoms with van der Waals surface area (Å²) >= 11 is 0. The standard InChI is InChI=1S/C13H20N4O2S/c1-11(2)10-17(9-3-8-14)20(18,19)13-6-4-12(16-15)5-7-13/h4-7,11,16H,3,9-10,15H2,1-2H3. The van der Waals surface area contributed by atoms with E-state index in [2.05, 4.69) is 5.43 Å². The van der Waals surface area contributed by atoms with Gasteiger partial charge in [-0.3, -0.25) is 5.84 Å². The average Bonchev–Trinajstić information content (AvgIpc) is 2.43. The smallest absolute Gasteiger partial charge is 0.243 e. The molecule has 0 aliphatic heterocycles. The number of nitrogens with zero attached hydrogens (tertiary/aromatic N) is 2. The zero-order valence-corrected chi connectivity index (χ0v) is 12.5. The molecule has 0 amide bonds. The van der Waals surface area contributed by atoms with Gasteiger partial charge in [0.1, 0.15) is 0 Å². The number of anilines is 1. The number of rotatable bonds is 7. The molecule has 1 rings (SSSR count). The van der Waals surface area contributed by atoms with E-state index in [0.717, 1.165) is 0 Å². The molecular formula is C13H20N4O2S. The van der Waals surface area contributed by atoms with Gasteiger partial charge in [-0.05, 0) is 30.2 Å². The highest BCUT2D eigenvalue weighted by Crippen LogP contribution is 2.19. The first-order valence-electron chi connectivity index (χ1n) is 6.35. The summed E-state index contributed by atoms with van der Waals surface area (Å²) in [5.41, 5.74) is 3.09. The van der Waals surface area contributed by atoms with E-state index in [1.807, 2.05) is 19.9 Å². The van der Waals surface area contributed by atoms with Gasteiger partial charge in [-0.15, -0.1) is 0 Å². The minimum Gasteiger partial charge on any atom is -0.324 e. The molecule has 0 saturated heterocycles. The van der Waals surface area contributed by atoms with Crippen molar-refractivity contribution < 1.29 is 8.42 Å². The number of hydrazine groups is 1. The molecule has 6 nitrogen and oxygen atoms in total. The van der Waals surface area contributed by atoms with E-state index in [1.54, 1.807) is 12.1 Å². The number of nitrogens with one attached hydrogen (secondary N) is 1. The lowest BCUT2D eigenvalue weighted by molar-refractivity contribution is 0.373. The van der Waals surface area contributed by atoms with Crippen LogP contribution in [-0.4, -0.2) is 25.8 Å². The third kappa shape index (κ3) is 4.20. The Hall–Kier alpha value is -1.62. The first kappa shape index (κ1) is 16.4. The third-order valence-corrected chi connectivity index (χ3v) is 4.58. The molecule has 0 aliphatic rings. The van der Waals surface area contributed by atoms with E-state index in [4.69, 9.17) is 11.1 Å². The summed E-state index contributed by atoms with van der Waals surface area (Å²) in [6.07, 6.45) is 0.175. The number of nitriles is 1. The number of hydrogen-bond donors (Lipinski definition) is 2. The Morgan fingerprint density at radius 2 is 1.95 bits per heavy atom. The van der Waals surface area contributed by atoms with Crippen molar-refractivity contribution in [3.63, 3.8) is 0 Å². The summed E-state index contributed by atoms with van der Waals surface area (Å²) in [7, 11) is -3.58. The Kier molecular flexibility index (Phi) is 5.95. The van der Waals surface area contributed by atoms with Crippen LogP contribution in [0.5, 0.6) is 0 Å². The molecule has 7 heteroatoms. The number of sulfonamides is 1. The van der Waals surface area contributed by atoms with Crippen molar-refractivity contribution >= 4 is 15.7 Å². The van der Waals surface area contributed by atoms with Gasteiger partial charge in [0.2, 0.25) is 10.0 Å². The lowest BCUT2D eigenvalue weighted by Gasteiger charge is -2.23. The quantitative estimate of drug-likeness (QED) is 0.587. The zero-order chi connectivity index (χ0) is 15.2. The van der Waals surface area contributed by atoms with Gasteiger partial charge in [-0.1, -0.05) is 13.8 Å². The molecule has 0 aromatic heterocycles. The van der Waals surface area contributed by atoms with Crippen LogP contribution in [0.25, 0.3) is 0 Å². The Balaban J connectivity index is 3.04. The van der Waals surface area contributed by atoms with Crippen molar-refractivity contribution in [3.05, 3.63) is 24.3 Å². The highest BCUT2D eigenvalue weighted by Gasteiger charge is 2.24. The van der Waals surface area contributed by atoms with E-state index in [-0.39, 0.29) is 23.8 Å². The average molecular weight is 296 g/mol. The maximum Gasteiger partial charge on any atom is 0.243 e. The van der Waals surface area contributed by atoms with Crippen LogP contribution in [0, 0.1) is 17.2 Å². The molecule has 3 N–H and O–H groups in total. The van der Waals surface area contributed by atoms with E-state index < -0.39 is 10.0 Å².